The molecule has 0 unspecified atom stereocenters. The molecular formula is C28H28F12N2O2. The molecule has 0 amide bonds. The molecule has 4 nitrogen and oxygen atoms in total. The minimum Gasteiger partial charge on any atom is -0.495 e. The predicted molar refractivity (Wildman–Crippen MR) is 136 cm³/mol. The quantitative estimate of drug-likeness (QED) is 0.188. The van der Waals surface area contributed by atoms with Gasteiger partial charge in [0, 0.05) is 11.1 Å². The van der Waals surface area contributed by atoms with Crippen molar-refractivity contribution in [1.82, 2.24) is 0 Å². The molecule has 2 fully saturated rings. The van der Waals surface area contributed by atoms with Crippen LogP contribution in [0.15, 0.2) is 24.3 Å². The standard InChI is InChI=1S/C28H28F12N2O2/c1-43-19-11-15(9-17(21(19)41)13-5-3-6-13)23(29,30)25(33,34)27(37,38)28(39,40)26(35,36)24(31,32)16-10-18(14-7-4-8-14)22(42)20(12-16)44-2/h9-14H,3-8,41-42H2,1-2H3. The van der Waals surface area contributed by atoms with Gasteiger partial charge in [-0.2, -0.15) is 52.7 Å². The Labute approximate surface area is 243 Å². The second kappa shape index (κ2) is 10.7. The summed E-state index contributed by atoms with van der Waals surface area (Å²) < 4.78 is 190. The summed E-state index contributed by atoms with van der Waals surface area (Å²) in [6.07, 6.45) is 2.44. The lowest BCUT2D eigenvalue weighted by atomic mass is 9.77. The number of benzene rings is 2. The first-order valence-electron chi connectivity index (χ1n) is 13.3. The molecule has 0 radical (unpaired) electrons. The maximum absolute atomic E-state index is 15.2. The van der Waals surface area contributed by atoms with Crippen molar-refractivity contribution in [2.75, 3.05) is 25.7 Å². The lowest BCUT2D eigenvalue weighted by Gasteiger charge is -2.42. The van der Waals surface area contributed by atoms with Crippen LogP contribution in [0.1, 0.15) is 72.6 Å². The highest BCUT2D eigenvalue weighted by molar-refractivity contribution is 5.63. The number of nitrogens with two attached hydrogens (primary N) is 2. The number of ether oxygens (including phenoxy) is 2. The minimum absolute atomic E-state index is 0.0645. The van der Waals surface area contributed by atoms with E-state index < -0.39 is 70.0 Å². The number of methoxy groups -OCH3 is 2. The molecule has 0 aliphatic heterocycles. The van der Waals surface area contributed by atoms with Crippen molar-refractivity contribution in [3.8, 4) is 11.5 Å². The van der Waals surface area contributed by atoms with E-state index >= 15 is 17.6 Å². The number of hydrogen-bond acceptors (Lipinski definition) is 4. The topological polar surface area (TPSA) is 70.5 Å². The molecule has 2 aliphatic carbocycles. The van der Waals surface area contributed by atoms with E-state index in [0.717, 1.165) is 14.2 Å². The highest BCUT2D eigenvalue weighted by atomic mass is 19.4. The zero-order chi connectivity index (χ0) is 33.3. The molecule has 2 aliphatic rings. The van der Waals surface area contributed by atoms with E-state index in [9.17, 15) is 35.1 Å². The van der Waals surface area contributed by atoms with Gasteiger partial charge in [-0.05, 0) is 72.9 Å². The highest BCUT2D eigenvalue weighted by Crippen LogP contribution is 2.64. The molecule has 246 valence electrons. The molecule has 0 atom stereocenters. The molecule has 0 heterocycles. The van der Waals surface area contributed by atoms with Gasteiger partial charge in [0.1, 0.15) is 11.5 Å². The zero-order valence-electron chi connectivity index (χ0n) is 23.2. The van der Waals surface area contributed by atoms with Gasteiger partial charge in [-0.15, -0.1) is 0 Å². The molecule has 16 heteroatoms. The largest absolute Gasteiger partial charge is 0.495 e. The van der Waals surface area contributed by atoms with Gasteiger partial charge >= 0.3 is 35.5 Å². The van der Waals surface area contributed by atoms with E-state index in [0.29, 0.717) is 38.5 Å². The van der Waals surface area contributed by atoms with Crippen molar-refractivity contribution < 1.29 is 62.2 Å². The van der Waals surface area contributed by atoms with Crippen molar-refractivity contribution in [3.63, 3.8) is 0 Å². The first-order valence-corrected chi connectivity index (χ1v) is 13.3. The molecular weight excluding hydrogens is 624 g/mol. The molecule has 4 rings (SSSR count). The fourth-order valence-corrected chi connectivity index (χ4v) is 5.26. The van der Waals surface area contributed by atoms with Crippen LogP contribution in [0.5, 0.6) is 11.5 Å². The Bertz CT molecular complexity index is 1300. The minimum atomic E-state index is -7.75. The number of halogens is 12. The first kappa shape index (κ1) is 33.7. The van der Waals surface area contributed by atoms with Gasteiger partial charge in [0.25, 0.3) is 0 Å². The maximum Gasteiger partial charge on any atom is 0.385 e. The second-order valence-electron chi connectivity index (χ2n) is 11.1. The normalized spacial score (nSPS) is 17.7. The molecule has 2 saturated carbocycles. The van der Waals surface area contributed by atoms with Crippen molar-refractivity contribution in [1.29, 1.82) is 0 Å². The van der Waals surface area contributed by atoms with Crippen LogP contribution in [-0.2, 0) is 11.8 Å². The summed E-state index contributed by atoms with van der Waals surface area (Å²) in [5.74, 6) is -45.4. The number of nitrogen functional groups attached to an aromatic ring is 2. The SMILES string of the molecule is COc1cc(C(F)(F)C(F)(F)C(F)(F)C(F)(F)C(F)(F)C(F)(F)c2cc(OC)c(N)c(C3CCC3)c2)cc(C2CCC2)c1N. The lowest BCUT2D eigenvalue weighted by molar-refractivity contribution is -0.429. The van der Waals surface area contributed by atoms with Gasteiger partial charge in [0.15, 0.2) is 0 Å². The van der Waals surface area contributed by atoms with Crippen LogP contribution >= 0.6 is 0 Å². The molecule has 0 spiro atoms. The van der Waals surface area contributed by atoms with Crippen LogP contribution in [-0.4, -0.2) is 37.9 Å². The third-order valence-electron chi connectivity index (χ3n) is 8.57. The molecule has 0 saturated heterocycles. The molecule has 2 aromatic rings. The molecule has 4 N–H and O–H groups in total. The third-order valence-corrected chi connectivity index (χ3v) is 8.57. The highest BCUT2D eigenvalue weighted by Gasteiger charge is 2.90. The Hall–Kier alpha value is -3.20. The summed E-state index contributed by atoms with van der Waals surface area (Å²) in [6.45, 7) is 0. The van der Waals surface area contributed by atoms with Crippen molar-refractivity contribution in [2.45, 2.75) is 85.9 Å². The van der Waals surface area contributed by atoms with Gasteiger partial charge in [-0.3, -0.25) is 0 Å². The van der Waals surface area contributed by atoms with Crippen LogP contribution < -0.4 is 20.9 Å². The Balaban J connectivity index is 1.80. The fourth-order valence-electron chi connectivity index (χ4n) is 5.26. The van der Waals surface area contributed by atoms with Crippen LogP contribution in [0.3, 0.4) is 0 Å². The van der Waals surface area contributed by atoms with Gasteiger partial charge in [-0.25, -0.2) is 0 Å². The average Bonchev–Trinajstić information content (AvgIpc) is 2.88. The van der Waals surface area contributed by atoms with Gasteiger partial charge in [-0.1, -0.05) is 12.8 Å². The number of anilines is 2. The monoisotopic (exact) mass is 652 g/mol. The molecule has 2 aromatic carbocycles. The average molecular weight is 653 g/mol. The summed E-state index contributed by atoms with van der Waals surface area (Å²) >= 11 is 0. The smallest absolute Gasteiger partial charge is 0.385 e. The van der Waals surface area contributed by atoms with E-state index in [4.69, 9.17) is 20.9 Å². The predicted octanol–water partition coefficient (Wildman–Crippen LogP) is 8.83. The van der Waals surface area contributed by atoms with Crippen LogP contribution in [0.2, 0.25) is 0 Å². The summed E-state index contributed by atoms with van der Waals surface area (Å²) in [5, 5.41) is 0. The van der Waals surface area contributed by atoms with Gasteiger partial charge in [0.05, 0.1) is 25.6 Å². The van der Waals surface area contributed by atoms with E-state index in [2.05, 4.69) is 0 Å². The second-order valence-corrected chi connectivity index (χ2v) is 11.1. The Kier molecular flexibility index (Phi) is 8.20. The molecule has 0 bridgehead atoms. The Morgan fingerprint density at radius 2 is 0.818 bits per heavy atom. The van der Waals surface area contributed by atoms with Crippen LogP contribution in [0, 0.1) is 0 Å². The fraction of sp³-hybridized carbons (Fsp3) is 0.571. The summed E-state index contributed by atoms with van der Waals surface area (Å²) in [4.78, 5) is 0. The van der Waals surface area contributed by atoms with Crippen molar-refractivity contribution in [2.24, 2.45) is 0 Å². The van der Waals surface area contributed by atoms with Gasteiger partial charge < -0.3 is 20.9 Å². The lowest BCUT2D eigenvalue weighted by Crippen LogP contribution is -2.69. The maximum atomic E-state index is 15.2. The summed E-state index contributed by atoms with van der Waals surface area (Å²) in [7, 11) is 1.73. The summed E-state index contributed by atoms with van der Waals surface area (Å²) in [5.41, 5.74) is 6.42. The number of alkyl halides is 12. The Morgan fingerprint density at radius 1 is 0.523 bits per heavy atom. The van der Waals surface area contributed by atoms with E-state index in [-0.39, 0.29) is 46.8 Å². The number of hydrogen-bond donors (Lipinski definition) is 2. The van der Waals surface area contributed by atoms with Crippen molar-refractivity contribution in [3.05, 3.63) is 46.5 Å². The first-order chi connectivity index (χ1) is 20.1. The van der Waals surface area contributed by atoms with E-state index in [1.54, 1.807) is 0 Å². The Morgan fingerprint density at radius 3 is 1.05 bits per heavy atom. The van der Waals surface area contributed by atoms with E-state index in [1.807, 2.05) is 0 Å². The zero-order valence-corrected chi connectivity index (χ0v) is 23.2. The van der Waals surface area contributed by atoms with Crippen molar-refractivity contribution >= 4 is 11.4 Å². The van der Waals surface area contributed by atoms with E-state index in [1.165, 1.54) is 0 Å². The summed E-state index contributed by atoms with van der Waals surface area (Å²) in [6, 6.07) is 0.655. The van der Waals surface area contributed by atoms with Crippen LogP contribution in [0.25, 0.3) is 0 Å². The number of rotatable bonds is 11. The third kappa shape index (κ3) is 4.60. The van der Waals surface area contributed by atoms with Gasteiger partial charge in [0.2, 0.25) is 0 Å². The molecule has 44 heavy (non-hydrogen) atoms. The molecule has 0 aromatic heterocycles. The van der Waals surface area contributed by atoms with Crippen LogP contribution in [0.4, 0.5) is 64.1 Å².